The lowest BCUT2D eigenvalue weighted by Gasteiger charge is -2.38. The molecule has 0 amide bonds. The maximum absolute atomic E-state index is 11.9. The third kappa shape index (κ3) is 3.52. The Morgan fingerprint density at radius 2 is 1.84 bits per heavy atom. The number of hydrazone groups is 1. The molecule has 3 aromatic carbocycles. The average molecular weight is 493 g/mol. The van der Waals surface area contributed by atoms with Gasteiger partial charge in [-0.05, 0) is 29.8 Å². The Bertz CT molecular complexity index is 1190. The van der Waals surface area contributed by atoms with Crippen LogP contribution in [0.2, 0.25) is 0 Å². The second kappa shape index (κ2) is 8.31. The second-order valence-corrected chi connectivity index (χ2v) is 8.54. The van der Waals surface area contributed by atoms with Crippen LogP contribution in [0.15, 0.2) is 76.3 Å². The van der Waals surface area contributed by atoms with Gasteiger partial charge in [-0.1, -0.05) is 58.4 Å². The Kier molecular flexibility index (Phi) is 5.35. The van der Waals surface area contributed by atoms with Gasteiger partial charge in [0.25, 0.3) is 0 Å². The van der Waals surface area contributed by atoms with Crippen LogP contribution >= 0.6 is 15.9 Å². The van der Waals surface area contributed by atoms with Crippen molar-refractivity contribution < 1.29 is 19.0 Å². The molecule has 162 valence electrons. The number of hydrogen-bond acceptors (Lipinski definition) is 6. The molecule has 0 spiro atoms. The minimum absolute atomic E-state index is 0.00867. The summed E-state index contributed by atoms with van der Waals surface area (Å²) in [6.45, 7) is 0. The highest BCUT2D eigenvalue weighted by Crippen LogP contribution is 2.51. The van der Waals surface area contributed by atoms with Gasteiger partial charge < -0.3 is 14.2 Å². The number of rotatable bonds is 4. The van der Waals surface area contributed by atoms with Crippen molar-refractivity contribution in [3.8, 4) is 11.5 Å². The number of hydrogen-bond donors (Lipinski definition) is 0. The zero-order valence-corrected chi connectivity index (χ0v) is 19.2. The lowest BCUT2D eigenvalue weighted by molar-refractivity contribution is -0.0209. The molecule has 0 saturated carbocycles. The van der Waals surface area contributed by atoms with Crippen LogP contribution in [0.5, 0.6) is 11.5 Å². The SMILES string of the molecule is COC(=O)c1ccc([C@@H]2Oc3c(OC)cc(Br)cc3[C@@H]3CC(c4ccccc4)=NN32)cc1. The first-order valence-corrected chi connectivity index (χ1v) is 11.0. The molecule has 32 heavy (non-hydrogen) atoms. The first-order valence-electron chi connectivity index (χ1n) is 10.2. The van der Waals surface area contributed by atoms with Gasteiger partial charge in [-0.3, -0.25) is 0 Å². The predicted octanol–water partition coefficient (Wildman–Crippen LogP) is 5.49. The van der Waals surface area contributed by atoms with Crippen LogP contribution < -0.4 is 9.47 Å². The van der Waals surface area contributed by atoms with Crippen molar-refractivity contribution in [2.45, 2.75) is 18.7 Å². The fourth-order valence-corrected chi connectivity index (χ4v) is 4.66. The molecule has 0 fully saturated rings. The Hall–Kier alpha value is -3.32. The quantitative estimate of drug-likeness (QED) is 0.450. The smallest absolute Gasteiger partial charge is 0.337 e. The van der Waals surface area contributed by atoms with Gasteiger partial charge in [0.2, 0.25) is 6.23 Å². The van der Waals surface area contributed by atoms with E-state index in [1.807, 2.05) is 41.4 Å². The molecule has 2 atom stereocenters. The van der Waals surface area contributed by atoms with E-state index in [0.717, 1.165) is 33.3 Å². The summed E-state index contributed by atoms with van der Waals surface area (Å²) in [6, 6.07) is 21.4. The summed E-state index contributed by atoms with van der Waals surface area (Å²) >= 11 is 3.59. The maximum atomic E-state index is 11.9. The molecule has 3 aromatic rings. The molecule has 2 aliphatic rings. The summed E-state index contributed by atoms with van der Waals surface area (Å²) in [5.74, 6) is 1.00. The fourth-order valence-electron chi connectivity index (χ4n) is 4.20. The molecule has 0 unspecified atom stereocenters. The van der Waals surface area contributed by atoms with E-state index in [1.54, 1.807) is 19.2 Å². The molecule has 0 saturated heterocycles. The number of esters is 1. The molecule has 0 aromatic heterocycles. The third-order valence-electron chi connectivity index (χ3n) is 5.76. The number of carbonyl (C=O) groups is 1. The topological polar surface area (TPSA) is 60.4 Å². The maximum Gasteiger partial charge on any atom is 0.337 e. The molecule has 0 N–H and O–H groups in total. The van der Waals surface area contributed by atoms with Crippen LogP contribution in [0.1, 0.15) is 45.7 Å². The van der Waals surface area contributed by atoms with Crippen molar-refractivity contribution in [3.63, 3.8) is 0 Å². The van der Waals surface area contributed by atoms with Crippen LogP contribution in [-0.4, -0.2) is 30.9 Å². The first kappa shape index (κ1) is 20.6. The monoisotopic (exact) mass is 492 g/mol. The van der Waals surface area contributed by atoms with E-state index < -0.39 is 6.23 Å². The van der Waals surface area contributed by atoms with Crippen molar-refractivity contribution >= 4 is 27.6 Å². The zero-order valence-electron chi connectivity index (χ0n) is 17.6. The number of halogens is 1. The van der Waals surface area contributed by atoms with Crippen LogP contribution in [0.4, 0.5) is 0 Å². The van der Waals surface area contributed by atoms with E-state index in [0.29, 0.717) is 17.1 Å². The minimum Gasteiger partial charge on any atom is -0.493 e. The Balaban J connectivity index is 1.60. The fraction of sp³-hybridized carbons (Fsp3) is 0.200. The van der Waals surface area contributed by atoms with Gasteiger partial charge in [0.05, 0.1) is 31.5 Å². The number of nitrogens with zero attached hydrogens (tertiary/aromatic N) is 2. The molecule has 0 radical (unpaired) electrons. The number of carbonyl (C=O) groups excluding carboxylic acids is 1. The molecular formula is C25H21BrN2O4. The normalized spacial score (nSPS) is 18.8. The Morgan fingerprint density at radius 3 is 2.53 bits per heavy atom. The standard InChI is InChI=1S/C25H21BrN2O4/c1-30-22-13-18(26)12-19-21-14-20(15-6-4-3-5-7-15)27-28(21)24(32-23(19)22)16-8-10-17(11-9-16)25(29)31-2/h3-13,21,24H,14H2,1-2H3/t21-,24-/m0/s1. The van der Waals surface area contributed by atoms with Crippen LogP contribution in [0, 0.1) is 0 Å². The molecule has 6 nitrogen and oxygen atoms in total. The molecular weight excluding hydrogens is 472 g/mol. The predicted molar refractivity (Wildman–Crippen MR) is 124 cm³/mol. The summed E-state index contributed by atoms with van der Waals surface area (Å²) in [7, 11) is 3.01. The highest BCUT2D eigenvalue weighted by molar-refractivity contribution is 9.10. The first-order chi connectivity index (χ1) is 15.6. The molecule has 2 aliphatic heterocycles. The van der Waals surface area contributed by atoms with Crippen molar-refractivity contribution in [1.82, 2.24) is 5.01 Å². The molecule has 7 heteroatoms. The number of ether oxygens (including phenoxy) is 3. The highest BCUT2D eigenvalue weighted by atomic mass is 79.9. The van der Waals surface area contributed by atoms with Crippen molar-refractivity contribution in [3.05, 3.63) is 93.5 Å². The summed E-state index contributed by atoms with van der Waals surface area (Å²) < 4.78 is 17.8. The van der Waals surface area contributed by atoms with Crippen molar-refractivity contribution in [2.24, 2.45) is 5.10 Å². The summed E-state index contributed by atoms with van der Waals surface area (Å²) in [5.41, 5.74) is 4.48. The summed E-state index contributed by atoms with van der Waals surface area (Å²) in [5, 5.41) is 6.98. The second-order valence-electron chi connectivity index (χ2n) is 7.62. The van der Waals surface area contributed by atoms with Crippen LogP contribution in [-0.2, 0) is 4.74 Å². The Labute approximate surface area is 194 Å². The molecule has 0 aliphatic carbocycles. The molecule has 5 rings (SSSR count). The van der Waals surface area contributed by atoms with E-state index in [1.165, 1.54) is 7.11 Å². The number of benzene rings is 3. The van der Waals surface area contributed by atoms with E-state index >= 15 is 0 Å². The van der Waals surface area contributed by atoms with E-state index in [2.05, 4.69) is 34.1 Å². The minimum atomic E-state index is -0.463. The third-order valence-corrected chi connectivity index (χ3v) is 6.22. The largest absolute Gasteiger partial charge is 0.493 e. The van der Waals surface area contributed by atoms with Gasteiger partial charge in [-0.15, -0.1) is 0 Å². The van der Waals surface area contributed by atoms with E-state index in [9.17, 15) is 4.79 Å². The van der Waals surface area contributed by atoms with E-state index in [-0.39, 0.29) is 12.0 Å². The van der Waals surface area contributed by atoms with Gasteiger partial charge in [0.1, 0.15) is 0 Å². The van der Waals surface area contributed by atoms with Crippen LogP contribution in [0.25, 0.3) is 0 Å². The summed E-state index contributed by atoms with van der Waals surface area (Å²) in [4.78, 5) is 11.9. The van der Waals surface area contributed by atoms with Gasteiger partial charge in [-0.2, -0.15) is 5.10 Å². The van der Waals surface area contributed by atoms with Gasteiger partial charge in [-0.25, -0.2) is 9.80 Å². The number of methoxy groups -OCH3 is 2. The summed E-state index contributed by atoms with van der Waals surface area (Å²) in [6.07, 6.45) is 0.284. The van der Waals surface area contributed by atoms with Gasteiger partial charge >= 0.3 is 5.97 Å². The molecule has 0 bridgehead atoms. The van der Waals surface area contributed by atoms with E-state index in [4.69, 9.17) is 19.3 Å². The van der Waals surface area contributed by atoms with Crippen molar-refractivity contribution in [1.29, 1.82) is 0 Å². The lowest BCUT2D eigenvalue weighted by atomic mass is 9.95. The molecule has 2 heterocycles. The van der Waals surface area contributed by atoms with Gasteiger partial charge in [0, 0.05) is 22.0 Å². The zero-order chi connectivity index (χ0) is 22.2. The highest BCUT2D eigenvalue weighted by Gasteiger charge is 2.42. The van der Waals surface area contributed by atoms with Crippen molar-refractivity contribution in [2.75, 3.05) is 14.2 Å². The Morgan fingerprint density at radius 1 is 1.09 bits per heavy atom. The van der Waals surface area contributed by atoms with Crippen LogP contribution in [0.3, 0.4) is 0 Å². The number of fused-ring (bicyclic) bond motifs is 3. The average Bonchev–Trinajstić information content (AvgIpc) is 3.29. The lowest BCUT2D eigenvalue weighted by Crippen LogP contribution is -2.34. The van der Waals surface area contributed by atoms with Gasteiger partial charge in [0.15, 0.2) is 11.5 Å².